The molecule has 0 atom stereocenters. The lowest BCUT2D eigenvalue weighted by atomic mass is 10.2. The molecule has 0 fully saturated rings. The number of nitrogens with two attached hydrogens (primary N) is 1. The van der Waals surface area contributed by atoms with E-state index in [9.17, 15) is 4.79 Å². The molecular formula is C10H11ClN2OS. The van der Waals surface area contributed by atoms with Crippen LogP contribution in [0.15, 0.2) is 24.3 Å². The predicted molar refractivity (Wildman–Crippen MR) is 65.2 cm³/mol. The smallest absolute Gasteiger partial charge is 0.252 e. The molecule has 0 bridgehead atoms. The molecule has 0 saturated heterocycles. The monoisotopic (exact) mass is 242 g/mol. The average molecular weight is 243 g/mol. The fraction of sp³-hybridized carbons (Fsp3) is 0.200. The van der Waals surface area contributed by atoms with Crippen LogP contribution in [0.2, 0.25) is 5.02 Å². The quantitative estimate of drug-likeness (QED) is 0.791. The summed E-state index contributed by atoms with van der Waals surface area (Å²) in [5.41, 5.74) is 5.76. The van der Waals surface area contributed by atoms with Gasteiger partial charge in [0.1, 0.15) is 0 Å². The van der Waals surface area contributed by atoms with E-state index in [0.717, 1.165) is 0 Å². The molecular weight excluding hydrogens is 232 g/mol. The summed E-state index contributed by atoms with van der Waals surface area (Å²) in [5.74, 6) is -0.211. The van der Waals surface area contributed by atoms with Crippen molar-refractivity contribution in [3.63, 3.8) is 0 Å². The fourth-order valence-electron chi connectivity index (χ4n) is 1.04. The van der Waals surface area contributed by atoms with Gasteiger partial charge >= 0.3 is 0 Å². The topological polar surface area (TPSA) is 55.1 Å². The second-order valence-electron chi connectivity index (χ2n) is 2.95. The number of carbonyl (C=O) groups is 1. The highest BCUT2D eigenvalue weighted by Gasteiger charge is 2.08. The van der Waals surface area contributed by atoms with Gasteiger partial charge in [0.15, 0.2) is 0 Å². The van der Waals surface area contributed by atoms with Crippen molar-refractivity contribution in [2.45, 2.75) is 6.42 Å². The van der Waals surface area contributed by atoms with Crippen LogP contribution in [0.4, 0.5) is 0 Å². The van der Waals surface area contributed by atoms with Gasteiger partial charge in [-0.1, -0.05) is 36.0 Å². The molecule has 0 aliphatic rings. The maximum absolute atomic E-state index is 11.6. The number of thiocarbonyl (C=S) groups is 1. The molecule has 0 aliphatic heterocycles. The Hall–Kier alpha value is -1.13. The summed E-state index contributed by atoms with van der Waals surface area (Å²) in [7, 11) is 0. The van der Waals surface area contributed by atoms with Crippen molar-refractivity contribution in [3.8, 4) is 0 Å². The third-order valence-electron chi connectivity index (χ3n) is 1.78. The van der Waals surface area contributed by atoms with Crippen molar-refractivity contribution < 1.29 is 4.79 Å². The normalized spacial score (nSPS) is 9.67. The highest BCUT2D eigenvalue weighted by molar-refractivity contribution is 7.80. The van der Waals surface area contributed by atoms with E-state index >= 15 is 0 Å². The maximum atomic E-state index is 11.6. The number of amides is 1. The van der Waals surface area contributed by atoms with Crippen LogP contribution >= 0.6 is 23.8 Å². The zero-order chi connectivity index (χ0) is 11.3. The van der Waals surface area contributed by atoms with Crippen LogP contribution in [0.25, 0.3) is 0 Å². The Balaban J connectivity index is 2.54. The summed E-state index contributed by atoms with van der Waals surface area (Å²) in [6.45, 7) is 0.430. The highest BCUT2D eigenvalue weighted by Crippen LogP contribution is 2.14. The minimum atomic E-state index is -0.211. The minimum Gasteiger partial charge on any atom is -0.393 e. The molecule has 5 heteroatoms. The Morgan fingerprint density at radius 2 is 2.13 bits per heavy atom. The van der Waals surface area contributed by atoms with Crippen molar-refractivity contribution >= 4 is 34.7 Å². The first-order chi connectivity index (χ1) is 7.11. The second-order valence-corrected chi connectivity index (χ2v) is 3.88. The number of carbonyl (C=O) groups excluding carboxylic acids is 1. The van der Waals surface area contributed by atoms with E-state index < -0.39 is 0 Å². The van der Waals surface area contributed by atoms with Gasteiger partial charge in [0, 0.05) is 13.0 Å². The number of nitrogens with one attached hydrogen (secondary N) is 1. The SMILES string of the molecule is NC(=S)CCNC(=O)c1ccccc1Cl. The van der Waals surface area contributed by atoms with Crippen LogP contribution in [-0.2, 0) is 0 Å². The van der Waals surface area contributed by atoms with Gasteiger partial charge in [0.25, 0.3) is 5.91 Å². The van der Waals surface area contributed by atoms with E-state index in [1.54, 1.807) is 24.3 Å². The highest BCUT2D eigenvalue weighted by atomic mass is 35.5. The summed E-state index contributed by atoms with van der Waals surface area (Å²) < 4.78 is 0. The Bertz CT molecular complexity index is 381. The van der Waals surface area contributed by atoms with Crippen LogP contribution < -0.4 is 11.1 Å². The summed E-state index contributed by atoms with van der Waals surface area (Å²) in [6.07, 6.45) is 0.492. The van der Waals surface area contributed by atoms with Crippen LogP contribution in [0.1, 0.15) is 16.8 Å². The molecule has 0 heterocycles. The lowest BCUT2D eigenvalue weighted by Crippen LogP contribution is -2.27. The third kappa shape index (κ3) is 3.85. The lowest BCUT2D eigenvalue weighted by Gasteiger charge is -2.05. The standard InChI is InChI=1S/C10H11ClN2OS/c11-8-4-2-1-3-7(8)10(14)13-6-5-9(12)15/h1-4H,5-6H2,(H2,12,15)(H,13,14). The van der Waals surface area contributed by atoms with Gasteiger partial charge in [0.05, 0.1) is 15.6 Å². The third-order valence-corrected chi connectivity index (χ3v) is 2.31. The van der Waals surface area contributed by atoms with Crippen molar-refractivity contribution in [1.82, 2.24) is 5.32 Å². The van der Waals surface area contributed by atoms with Gasteiger partial charge in [0.2, 0.25) is 0 Å². The van der Waals surface area contributed by atoms with Crippen molar-refractivity contribution in [3.05, 3.63) is 34.9 Å². The van der Waals surface area contributed by atoms with Crippen LogP contribution in [0.3, 0.4) is 0 Å². The molecule has 1 aromatic rings. The first-order valence-electron chi connectivity index (χ1n) is 4.42. The molecule has 0 aromatic heterocycles. The second kappa shape index (κ2) is 5.68. The molecule has 1 aromatic carbocycles. The molecule has 15 heavy (non-hydrogen) atoms. The van der Waals surface area contributed by atoms with E-state index in [2.05, 4.69) is 5.32 Å². The molecule has 0 aliphatic carbocycles. The Labute approximate surface area is 98.6 Å². The number of halogens is 1. The minimum absolute atomic E-state index is 0.211. The fourth-order valence-corrected chi connectivity index (χ4v) is 1.36. The summed E-state index contributed by atoms with van der Waals surface area (Å²) >= 11 is 10.5. The van der Waals surface area contributed by atoms with Gasteiger partial charge in [-0.3, -0.25) is 4.79 Å². The van der Waals surface area contributed by atoms with E-state index in [1.807, 2.05) is 0 Å². The molecule has 0 spiro atoms. The Morgan fingerprint density at radius 3 is 2.73 bits per heavy atom. The molecule has 0 radical (unpaired) electrons. The Kier molecular flexibility index (Phi) is 4.52. The average Bonchev–Trinajstić information content (AvgIpc) is 2.17. The molecule has 1 rings (SSSR count). The van der Waals surface area contributed by atoms with Gasteiger partial charge < -0.3 is 11.1 Å². The van der Waals surface area contributed by atoms with Crippen LogP contribution in [0.5, 0.6) is 0 Å². The van der Waals surface area contributed by atoms with Gasteiger partial charge in [-0.2, -0.15) is 0 Å². The molecule has 3 N–H and O–H groups in total. The largest absolute Gasteiger partial charge is 0.393 e. The summed E-state index contributed by atoms with van der Waals surface area (Å²) in [5, 5.41) is 3.12. The van der Waals surface area contributed by atoms with Crippen molar-refractivity contribution in [2.24, 2.45) is 5.73 Å². The first-order valence-corrected chi connectivity index (χ1v) is 5.21. The van der Waals surface area contributed by atoms with Gasteiger partial charge in [-0.25, -0.2) is 0 Å². The van der Waals surface area contributed by atoms with E-state index in [0.29, 0.717) is 28.5 Å². The summed E-state index contributed by atoms with van der Waals surface area (Å²) in [6, 6.07) is 6.87. The van der Waals surface area contributed by atoms with Gasteiger partial charge in [-0.15, -0.1) is 0 Å². The first kappa shape index (κ1) is 11.9. The lowest BCUT2D eigenvalue weighted by molar-refractivity contribution is 0.0955. The van der Waals surface area contributed by atoms with Crippen molar-refractivity contribution in [1.29, 1.82) is 0 Å². The van der Waals surface area contributed by atoms with E-state index in [1.165, 1.54) is 0 Å². The van der Waals surface area contributed by atoms with Crippen LogP contribution in [-0.4, -0.2) is 17.4 Å². The van der Waals surface area contributed by atoms with Crippen LogP contribution in [0, 0.1) is 0 Å². The zero-order valence-corrected chi connectivity index (χ0v) is 9.57. The number of benzene rings is 1. The predicted octanol–water partition coefficient (Wildman–Crippen LogP) is 1.75. The van der Waals surface area contributed by atoms with Gasteiger partial charge in [-0.05, 0) is 12.1 Å². The molecule has 0 unspecified atom stereocenters. The van der Waals surface area contributed by atoms with E-state index in [-0.39, 0.29) is 5.91 Å². The summed E-state index contributed by atoms with van der Waals surface area (Å²) in [4.78, 5) is 12.0. The Morgan fingerprint density at radius 1 is 1.47 bits per heavy atom. The number of hydrogen-bond donors (Lipinski definition) is 2. The molecule has 80 valence electrons. The van der Waals surface area contributed by atoms with Crippen molar-refractivity contribution in [2.75, 3.05) is 6.54 Å². The molecule has 3 nitrogen and oxygen atoms in total. The van der Waals surface area contributed by atoms with E-state index in [4.69, 9.17) is 29.6 Å². The molecule has 1 amide bonds. The number of hydrogen-bond acceptors (Lipinski definition) is 2. The number of rotatable bonds is 4. The molecule has 0 saturated carbocycles. The zero-order valence-electron chi connectivity index (χ0n) is 8.00. The maximum Gasteiger partial charge on any atom is 0.252 e.